The molecule has 2 saturated carbocycles. The van der Waals surface area contributed by atoms with Gasteiger partial charge in [-0.1, -0.05) is 77.0 Å². The number of hydrogen-bond acceptors (Lipinski definition) is 0. The Morgan fingerprint density at radius 2 is 0.733 bits per heavy atom. The lowest BCUT2D eigenvalue weighted by atomic mass is 9.87. The van der Waals surface area contributed by atoms with E-state index >= 15 is 0 Å². The van der Waals surface area contributed by atoms with Crippen molar-refractivity contribution in [3.05, 3.63) is 0 Å². The molecule has 0 nitrogen and oxygen atoms in total. The standard InChI is InChI=1S/C15H28/c1-2-4-6-10-15-12-8-7-11-14(13-15)9-5-3-1/h14-15H,1-13H2. The summed E-state index contributed by atoms with van der Waals surface area (Å²) in [5, 5.41) is 0. The molecule has 0 spiro atoms. The topological polar surface area (TPSA) is 0 Å². The summed E-state index contributed by atoms with van der Waals surface area (Å²) in [7, 11) is 0. The predicted molar refractivity (Wildman–Crippen MR) is 67.0 cm³/mol. The summed E-state index contributed by atoms with van der Waals surface area (Å²) in [5.74, 6) is 2.21. The average molecular weight is 208 g/mol. The second-order valence-corrected chi connectivity index (χ2v) is 5.95. The van der Waals surface area contributed by atoms with Crippen LogP contribution in [0.15, 0.2) is 0 Å². The fourth-order valence-corrected chi connectivity index (χ4v) is 3.67. The molecule has 88 valence electrons. The molecule has 2 rings (SSSR count). The van der Waals surface area contributed by atoms with Crippen LogP contribution in [-0.4, -0.2) is 0 Å². The van der Waals surface area contributed by atoms with Crippen LogP contribution in [0, 0.1) is 11.8 Å². The van der Waals surface area contributed by atoms with Crippen molar-refractivity contribution < 1.29 is 0 Å². The molecule has 2 fully saturated rings. The molecule has 2 unspecified atom stereocenters. The quantitative estimate of drug-likeness (QED) is 0.505. The van der Waals surface area contributed by atoms with Gasteiger partial charge in [0.1, 0.15) is 0 Å². The lowest BCUT2D eigenvalue weighted by Crippen LogP contribution is -2.06. The van der Waals surface area contributed by atoms with Crippen molar-refractivity contribution in [1.29, 1.82) is 0 Å². The number of hydrogen-bond donors (Lipinski definition) is 0. The van der Waals surface area contributed by atoms with E-state index in [1.54, 1.807) is 32.1 Å². The molecule has 2 aliphatic carbocycles. The van der Waals surface area contributed by atoms with Crippen molar-refractivity contribution in [3.63, 3.8) is 0 Å². The Morgan fingerprint density at radius 1 is 0.400 bits per heavy atom. The summed E-state index contributed by atoms with van der Waals surface area (Å²) in [5.41, 5.74) is 0. The second kappa shape index (κ2) is 6.55. The highest BCUT2D eigenvalue weighted by molar-refractivity contribution is 4.72. The first-order valence-corrected chi connectivity index (χ1v) is 7.45. The minimum atomic E-state index is 1.11. The van der Waals surface area contributed by atoms with E-state index in [2.05, 4.69) is 0 Å². The van der Waals surface area contributed by atoms with E-state index in [1.165, 1.54) is 51.4 Å². The molecular formula is C15H28. The van der Waals surface area contributed by atoms with E-state index < -0.39 is 0 Å². The third-order valence-electron chi connectivity index (χ3n) is 4.62. The monoisotopic (exact) mass is 208 g/mol. The summed E-state index contributed by atoms with van der Waals surface area (Å²) in [6.07, 6.45) is 20.0. The normalized spacial score (nSPS) is 35.2. The molecule has 0 amide bonds. The third-order valence-corrected chi connectivity index (χ3v) is 4.62. The average Bonchev–Trinajstić information content (AvgIpc) is 2.49. The van der Waals surface area contributed by atoms with E-state index in [0.717, 1.165) is 11.8 Å². The second-order valence-electron chi connectivity index (χ2n) is 5.95. The van der Waals surface area contributed by atoms with Crippen molar-refractivity contribution in [2.24, 2.45) is 11.8 Å². The van der Waals surface area contributed by atoms with Gasteiger partial charge in [-0.3, -0.25) is 0 Å². The molecule has 0 aliphatic heterocycles. The van der Waals surface area contributed by atoms with Crippen LogP contribution >= 0.6 is 0 Å². The van der Waals surface area contributed by atoms with Crippen molar-refractivity contribution in [2.75, 3.05) is 0 Å². The van der Waals surface area contributed by atoms with Crippen LogP contribution in [0.2, 0.25) is 0 Å². The van der Waals surface area contributed by atoms with Crippen LogP contribution in [0.1, 0.15) is 83.5 Å². The van der Waals surface area contributed by atoms with E-state index in [-0.39, 0.29) is 0 Å². The molecule has 0 saturated heterocycles. The van der Waals surface area contributed by atoms with E-state index in [1.807, 2.05) is 0 Å². The summed E-state index contributed by atoms with van der Waals surface area (Å²) in [4.78, 5) is 0. The van der Waals surface area contributed by atoms with Gasteiger partial charge in [-0.05, 0) is 18.3 Å². The third kappa shape index (κ3) is 4.17. The largest absolute Gasteiger partial charge is 0.0533 e. The zero-order chi connectivity index (χ0) is 10.3. The summed E-state index contributed by atoms with van der Waals surface area (Å²) < 4.78 is 0. The molecule has 2 atom stereocenters. The van der Waals surface area contributed by atoms with Crippen LogP contribution in [0.5, 0.6) is 0 Å². The van der Waals surface area contributed by atoms with Gasteiger partial charge in [0.15, 0.2) is 0 Å². The van der Waals surface area contributed by atoms with Crippen molar-refractivity contribution in [3.8, 4) is 0 Å². The fourth-order valence-electron chi connectivity index (χ4n) is 3.67. The first-order chi connectivity index (χ1) is 7.45. The Bertz CT molecular complexity index is 143. The molecular weight excluding hydrogens is 180 g/mol. The number of fused-ring (bicyclic) bond motifs is 2. The van der Waals surface area contributed by atoms with Gasteiger partial charge in [-0.2, -0.15) is 0 Å². The molecule has 0 radical (unpaired) electrons. The molecule has 0 heterocycles. The van der Waals surface area contributed by atoms with Gasteiger partial charge in [0.05, 0.1) is 0 Å². The smallest absolute Gasteiger partial charge is 0.0412 e. The minimum absolute atomic E-state index is 1.11. The van der Waals surface area contributed by atoms with Crippen LogP contribution < -0.4 is 0 Å². The Kier molecular flexibility index (Phi) is 5.02. The van der Waals surface area contributed by atoms with Gasteiger partial charge in [0.25, 0.3) is 0 Å². The van der Waals surface area contributed by atoms with Gasteiger partial charge >= 0.3 is 0 Å². The van der Waals surface area contributed by atoms with Gasteiger partial charge in [-0.15, -0.1) is 0 Å². The summed E-state index contributed by atoms with van der Waals surface area (Å²) in [6.45, 7) is 0. The lowest BCUT2D eigenvalue weighted by molar-refractivity contribution is 0.333. The predicted octanol–water partition coefficient (Wildman–Crippen LogP) is 5.32. The maximum Gasteiger partial charge on any atom is -0.0412 e. The summed E-state index contributed by atoms with van der Waals surface area (Å²) in [6, 6.07) is 0. The molecule has 0 aromatic rings. The van der Waals surface area contributed by atoms with E-state index in [4.69, 9.17) is 0 Å². The molecule has 0 N–H and O–H groups in total. The van der Waals surface area contributed by atoms with Crippen molar-refractivity contribution in [2.45, 2.75) is 83.5 Å². The molecule has 2 aliphatic rings. The first-order valence-electron chi connectivity index (χ1n) is 7.45. The Morgan fingerprint density at radius 3 is 1.20 bits per heavy atom. The van der Waals surface area contributed by atoms with Crippen LogP contribution in [0.25, 0.3) is 0 Å². The minimum Gasteiger partial charge on any atom is -0.0533 e. The van der Waals surface area contributed by atoms with Crippen molar-refractivity contribution in [1.82, 2.24) is 0 Å². The highest BCUT2D eigenvalue weighted by Gasteiger charge is 2.19. The lowest BCUT2D eigenvalue weighted by Gasteiger charge is -2.19. The van der Waals surface area contributed by atoms with Crippen LogP contribution in [0.3, 0.4) is 0 Å². The maximum atomic E-state index is 1.58. The molecule has 15 heavy (non-hydrogen) atoms. The van der Waals surface area contributed by atoms with Gasteiger partial charge in [-0.25, -0.2) is 0 Å². The Labute approximate surface area is 95.8 Å². The molecule has 0 aromatic heterocycles. The van der Waals surface area contributed by atoms with Crippen LogP contribution in [-0.2, 0) is 0 Å². The molecule has 0 aromatic carbocycles. The molecule has 0 heteroatoms. The molecule has 2 bridgehead atoms. The van der Waals surface area contributed by atoms with E-state index in [9.17, 15) is 0 Å². The fraction of sp³-hybridized carbons (Fsp3) is 1.00. The zero-order valence-corrected chi connectivity index (χ0v) is 10.3. The van der Waals surface area contributed by atoms with E-state index in [0.29, 0.717) is 0 Å². The van der Waals surface area contributed by atoms with Crippen molar-refractivity contribution >= 4 is 0 Å². The Balaban J connectivity index is 1.86. The first kappa shape index (κ1) is 11.5. The number of rotatable bonds is 0. The van der Waals surface area contributed by atoms with Crippen LogP contribution in [0.4, 0.5) is 0 Å². The van der Waals surface area contributed by atoms with Gasteiger partial charge in [0, 0.05) is 0 Å². The van der Waals surface area contributed by atoms with Gasteiger partial charge < -0.3 is 0 Å². The maximum absolute atomic E-state index is 1.58. The summed E-state index contributed by atoms with van der Waals surface area (Å²) >= 11 is 0. The highest BCUT2D eigenvalue weighted by atomic mass is 14.3. The SMILES string of the molecule is C1CCCCC2CCCCC(CCC1)C2. The Hall–Kier alpha value is 0. The zero-order valence-electron chi connectivity index (χ0n) is 10.3. The highest BCUT2D eigenvalue weighted by Crippen LogP contribution is 2.34. The van der Waals surface area contributed by atoms with Gasteiger partial charge in [0.2, 0.25) is 0 Å².